The number of methoxy groups -OCH3 is 1. The Labute approximate surface area is 118 Å². The average Bonchev–Trinajstić information content (AvgIpc) is 2.42. The zero-order valence-corrected chi connectivity index (χ0v) is 12.8. The third-order valence-electron chi connectivity index (χ3n) is 3.54. The second kappa shape index (κ2) is 13.9. The van der Waals surface area contributed by atoms with Crippen molar-refractivity contribution in [3.05, 3.63) is 0 Å². The average molecular weight is 272 g/mol. The first-order valence-electron chi connectivity index (χ1n) is 7.95. The van der Waals surface area contributed by atoms with E-state index in [1.54, 1.807) is 0 Å². The lowest BCUT2D eigenvalue weighted by Crippen LogP contribution is -2.05. The number of hydrogen-bond donors (Lipinski definition) is 1. The van der Waals surface area contributed by atoms with Crippen molar-refractivity contribution in [1.82, 2.24) is 0 Å². The molecule has 0 heterocycles. The van der Waals surface area contributed by atoms with Crippen LogP contribution in [0.1, 0.15) is 84.0 Å². The zero-order valence-electron chi connectivity index (χ0n) is 12.8. The number of unbranched alkanes of at least 4 members (excludes halogenated alkanes) is 7. The number of hydrogen-bond acceptors (Lipinski definition) is 3. The maximum absolute atomic E-state index is 10.9. The van der Waals surface area contributed by atoms with Crippen LogP contribution in [0, 0.1) is 0 Å². The van der Waals surface area contributed by atoms with Crippen LogP contribution in [0.4, 0.5) is 0 Å². The summed E-state index contributed by atoms with van der Waals surface area (Å²) in [5, 5.41) is 9.68. The summed E-state index contributed by atoms with van der Waals surface area (Å²) in [6.45, 7) is 2.16. The van der Waals surface area contributed by atoms with E-state index in [2.05, 4.69) is 11.7 Å². The van der Waals surface area contributed by atoms with Gasteiger partial charge in [-0.2, -0.15) is 0 Å². The number of carbonyl (C=O) groups excluding carboxylic acids is 1. The summed E-state index contributed by atoms with van der Waals surface area (Å²) in [4.78, 5) is 10.9. The van der Waals surface area contributed by atoms with Crippen LogP contribution in [0.25, 0.3) is 0 Å². The Morgan fingerprint density at radius 2 is 1.47 bits per heavy atom. The lowest BCUT2D eigenvalue weighted by Gasteiger charge is -2.09. The number of rotatable bonds is 13. The predicted molar refractivity (Wildman–Crippen MR) is 79.1 cm³/mol. The molecule has 0 fully saturated rings. The monoisotopic (exact) mass is 272 g/mol. The lowest BCUT2D eigenvalue weighted by molar-refractivity contribution is -0.140. The third kappa shape index (κ3) is 13.7. The summed E-state index contributed by atoms with van der Waals surface area (Å²) in [7, 11) is 1.44. The molecule has 0 aliphatic rings. The minimum Gasteiger partial charge on any atom is -0.469 e. The van der Waals surface area contributed by atoms with Crippen molar-refractivity contribution in [3.8, 4) is 0 Å². The molecule has 0 aromatic heterocycles. The van der Waals surface area contributed by atoms with Gasteiger partial charge in [-0.25, -0.2) is 0 Å². The Morgan fingerprint density at radius 3 is 2.05 bits per heavy atom. The molecular formula is C16H32O3. The van der Waals surface area contributed by atoms with Gasteiger partial charge in [0.15, 0.2) is 0 Å². The van der Waals surface area contributed by atoms with Crippen LogP contribution in [0.15, 0.2) is 0 Å². The van der Waals surface area contributed by atoms with Crippen LogP contribution in [0.2, 0.25) is 0 Å². The highest BCUT2D eigenvalue weighted by Crippen LogP contribution is 2.13. The largest absolute Gasteiger partial charge is 0.469 e. The molecule has 0 rings (SSSR count). The molecular weight excluding hydrogens is 240 g/mol. The SMILES string of the molecule is CCCCC(O)CCCCCCCCCC(=O)OC. The molecule has 0 saturated heterocycles. The molecule has 114 valence electrons. The van der Waals surface area contributed by atoms with Crippen molar-refractivity contribution in [2.24, 2.45) is 0 Å². The quantitative estimate of drug-likeness (QED) is 0.403. The minimum absolute atomic E-state index is 0.0833. The Bertz CT molecular complexity index is 204. The molecule has 19 heavy (non-hydrogen) atoms. The first-order chi connectivity index (χ1) is 9.20. The molecule has 0 spiro atoms. The normalized spacial score (nSPS) is 12.4. The van der Waals surface area contributed by atoms with Crippen molar-refractivity contribution in [2.45, 2.75) is 90.1 Å². The highest BCUT2D eigenvalue weighted by Gasteiger charge is 2.03. The smallest absolute Gasteiger partial charge is 0.305 e. The van der Waals surface area contributed by atoms with Gasteiger partial charge in [-0.3, -0.25) is 4.79 Å². The predicted octanol–water partition coefficient (Wildman–Crippen LogP) is 4.22. The van der Waals surface area contributed by atoms with Crippen molar-refractivity contribution < 1.29 is 14.6 Å². The van der Waals surface area contributed by atoms with E-state index in [1.807, 2.05) is 0 Å². The van der Waals surface area contributed by atoms with Gasteiger partial charge < -0.3 is 9.84 Å². The van der Waals surface area contributed by atoms with E-state index in [0.29, 0.717) is 6.42 Å². The molecule has 0 aliphatic heterocycles. The Kier molecular flexibility index (Phi) is 13.4. The van der Waals surface area contributed by atoms with Gasteiger partial charge >= 0.3 is 5.97 Å². The van der Waals surface area contributed by atoms with Crippen molar-refractivity contribution in [3.63, 3.8) is 0 Å². The van der Waals surface area contributed by atoms with E-state index in [4.69, 9.17) is 0 Å². The highest BCUT2D eigenvalue weighted by molar-refractivity contribution is 5.68. The summed E-state index contributed by atoms with van der Waals surface area (Å²) in [6, 6.07) is 0. The molecule has 0 bridgehead atoms. The molecule has 3 nitrogen and oxygen atoms in total. The first-order valence-corrected chi connectivity index (χ1v) is 7.95. The van der Waals surface area contributed by atoms with E-state index in [0.717, 1.165) is 38.5 Å². The fourth-order valence-corrected chi connectivity index (χ4v) is 2.22. The maximum atomic E-state index is 10.9. The standard InChI is InChI=1S/C16H32O3/c1-3-4-12-15(17)13-10-8-6-5-7-9-11-14-16(18)19-2/h15,17H,3-14H2,1-2H3. The van der Waals surface area contributed by atoms with Gasteiger partial charge in [0.1, 0.15) is 0 Å². The molecule has 3 heteroatoms. The van der Waals surface area contributed by atoms with E-state index in [1.165, 1.54) is 39.2 Å². The van der Waals surface area contributed by atoms with Crippen molar-refractivity contribution in [2.75, 3.05) is 7.11 Å². The third-order valence-corrected chi connectivity index (χ3v) is 3.54. The van der Waals surface area contributed by atoms with Crippen LogP contribution in [-0.2, 0) is 9.53 Å². The van der Waals surface area contributed by atoms with Crippen LogP contribution in [-0.4, -0.2) is 24.3 Å². The van der Waals surface area contributed by atoms with Gasteiger partial charge in [0.05, 0.1) is 13.2 Å². The second-order valence-electron chi connectivity index (χ2n) is 5.39. The topological polar surface area (TPSA) is 46.5 Å². The Morgan fingerprint density at radius 1 is 0.947 bits per heavy atom. The lowest BCUT2D eigenvalue weighted by atomic mass is 10.0. The fraction of sp³-hybridized carbons (Fsp3) is 0.938. The summed E-state index contributed by atoms with van der Waals surface area (Å²) in [5.41, 5.74) is 0. The molecule has 0 radical (unpaired) electrons. The molecule has 0 aromatic carbocycles. The Balaban J connectivity index is 3.12. The second-order valence-corrected chi connectivity index (χ2v) is 5.39. The minimum atomic E-state index is -0.0962. The molecule has 1 N–H and O–H groups in total. The molecule has 0 aromatic rings. The number of ether oxygens (including phenoxy) is 1. The maximum Gasteiger partial charge on any atom is 0.305 e. The van der Waals surface area contributed by atoms with Crippen LogP contribution >= 0.6 is 0 Å². The van der Waals surface area contributed by atoms with Gasteiger partial charge in [-0.15, -0.1) is 0 Å². The molecule has 1 atom stereocenters. The van der Waals surface area contributed by atoms with E-state index < -0.39 is 0 Å². The van der Waals surface area contributed by atoms with Crippen molar-refractivity contribution >= 4 is 5.97 Å². The molecule has 1 unspecified atom stereocenters. The Hall–Kier alpha value is -0.570. The van der Waals surface area contributed by atoms with E-state index >= 15 is 0 Å². The zero-order chi connectivity index (χ0) is 14.3. The number of aliphatic hydroxyl groups is 1. The molecule has 0 aliphatic carbocycles. The van der Waals surface area contributed by atoms with Gasteiger partial charge in [0, 0.05) is 6.42 Å². The number of esters is 1. The van der Waals surface area contributed by atoms with Crippen molar-refractivity contribution in [1.29, 1.82) is 0 Å². The summed E-state index contributed by atoms with van der Waals surface area (Å²) in [5.74, 6) is -0.0962. The number of carbonyl (C=O) groups is 1. The summed E-state index contributed by atoms with van der Waals surface area (Å²) < 4.78 is 4.60. The fourth-order valence-electron chi connectivity index (χ4n) is 2.22. The molecule has 0 saturated carbocycles. The van der Waals surface area contributed by atoms with E-state index in [-0.39, 0.29) is 12.1 Å². The van der Waals surface area contributed by atoms with Crippen LogP contribution in [0.5, 0.6) is 0 Å². The van der Waals surface area contributed by atoms with Gasteiger partial charge in [-0.05, 0) is 19.3 Å². The van der Waals surface area contributed by atoms with Gasteiger partial charge in [0.25, 0.3) is 0 Å². The first kappa shape index (κ1) is 18.4. The summed E-state index contributed by atoms with van der Waals surface area (Å²) in [6.07, 6.45) is 12.8. The van der Waals surface area contributed by atoms with Crippen LogP contribution < -0.4 is 0 Å². The molecule has 0 amide bonds. The van der Waals surface area contributed by atoms with Gasteiger partial charge in [0.2, 0.25) is 0 Å². The highest BCUT2D eigenvalue weighted by atomic mass is 16.5. The van der Waals surface area contributed by atoms with Crippen LogP contribution in [0.3, 0.4) is 0 Å². The number of aliphatic hydroxyl groups excluding tert-OH is 1. The van der Waals surface area contributed by atoms with Gasteiger partial charge in [-0.1, -0.05) is 58.3 Å². The summed E-state index contributed by atoms with van der Waals surface area (Å²) >= 11 is 0. The van der Waals surface area contributed by atoms with E-state index in [9.17, 15) is 9.90 Å².